The third-order valence-corrected chi connectivity index (χ3v) is 4.88. The summed E-state index contributed by atoms with van der Waals surface area (Å²) in [4.78, 5) is 0. The lowest BCUT2D eigenvalue weighted by Crippen LogP contribution is -2.43. The number of hydrogen-bond donors (Lipinski definition) is 2. The summed E-state index contributed by atoms with van der Waals surface area (Å²) in [5.74, 6) is 0.670. The average molecular weight is 332 g/mol. The Bertz CT molecular complexity index is 584. The molecule has 3 atom stereocenters. The van der Waals surface area contributed by atoms with Crippen molar-refractivity contribution in [1.29, 1.82) is 0 Å². The Morgan fingerprint density at radius 2 is 1.61 bits per heavy atom. The van der Waals surface area contributed by atoms with Crippen molar-refractivity contribution in [3.8, 4) is 11.1 Å². The largest absolute Gasteiger partial charge is 0.392 e. The van der Waals surface area contributed by atoms with E-state index in [1.54, 1.807) is 0 Å². The van der Waals surface area contributed by atoms with E-state index in [1.165, 1.54) is 16.7 Å². The minimum atomic E-state index is -0.179. The number of halogens is 1. The van der Waals surface area contributed by atoms with Crippen LogP contribution in [0.5, 0.6) is 0 Å². The van der Waals surface area contributed by atoms with Gasteiger partial charge in [0.05, 0.1) is 6.10 Å². The fourth-order valence-electron chi connectivity index (χ4n) is 3.53. The van der Waals surface area contributed by atoms with Crippen LogP contribution < -0.4 is 5.32 Å². The molecule has 0 aromatic heterocycles. The maximum atomic E-state index is 9.95. The summed E-state index contributed by atoms with van der Waals surface area (Å²) in [7, 11) is 1.95. The molecule has 0 saturated heterocycles. The Kier molecular flexibility index (Phi) is 6.64. The highest BCUT2D eigenvalue weighted by Crippen LogP contribution is 2.28. The summed E-state index contributed by atoms with van der Waals surface area (Å²) >= 11 is 0. The van der Waals surface area contributed by atoms with Crippen LogP contribution in [0.3, 0.4) is 0 Å². The van der Waals surface area contributed by atoms with Crippen LogP contribution in [0, 0.1) is 5.92 Å². The molecule has 2 aromatic carbocycles. The van der Waals surface area contributed by atoms with Crippen molar-refractivity contribution < 1.29 is 5.11 Å². The number of benzene rings is 2. The normalized spacial score (nSPS) is 24.0. The minimum Gasteiger partial charge on any atom is -0.392 e. The molecule has 3 heteroatoms. The van der Waals surface area contributed by atoms with Gasteiger partial charge in [0, 0.05) is 6.04 Å². The van der Waals surface area contributed by atoms with Crippen molar-refractivity contribution >= 4 is 12.4 Å². The molecule has 0 aliphatic heterocycles. The van der Waals surface area contributed by atoms with Crippen LogP contribution in [0.15, 0.2) is 54.6 Å². The molecule has 1 fully saturated rings. The fourth-order valence-corrected chi connectivity index (χ4v) is 3.53. The molecule has 1 aliphatic carbocycles. The Morgan fingerprint density at radius 1 is 0.957 bits per heavy atom. The molecule has 0 heterocycles. The standard InChI is InChI=1S/C20H25NO.ClH/c1-21-19-14-16(9-12-20(19)22)13-15-7-10-18(11-8-15)17-5-3-2-4-6-17;/h2-8,10-11,16,19-22H,9,12-14H2,1H3;1H/t16-,19-,20-;/m0./s1. The molecule has 0 bridgehead atoms. The monoisotopic (exact) mass is 331 g/mol. The number of aliphatic hydroxyl groups excluding tert-OH is 1. The zero-order valence-electron chi connectivity index (χ0n) is 13.6. The van der Waals surface area contributed by atoms with Gasteiger partial charge in [0.25, 0.3) is 0 Å². The molecule has 0 unspecified atom stereocenters. The first-order valence-corrected chi connectivity index (χ1v) is 8.26. The van der Waals surface area contributed by atoms with Gasteiger partial charge in [-0.05, 0) is 55.3 Å². The third-order valence-electron chi connectivity index (χ3n) is 4.88. The molecule has 0 spiro atoms. The lowest BCUT2D eigenvalue weighted by molar-refractivity contribution is 0.0735. The second kappa shape index (κ2) is 8.49. The lowest BCUT2D eigenvalue weighted by Gasteiger charge is -2.33. The van der Waals surface area contributed by atoms with Gasteiger partial charge >= 0.3 is 0 Å². The SMILES string of the molecule is CN[C@H]1C[C@H](Cc2ccc(-c3ccccc3)cc2)CC[C@@H]1O.Cl. The molecule has 2 aromatic rings. The van der Waals surface area contributed by atoms with Gasteiger partial charge in [-0.1, -0.05) is 54.6 Å². The van der Waals surface area contributed by atoms with Crippen LogP contribution >= 0.6 is 12.4 Å². The molecule has 2 nitrogen and oxygen atoms in total. The summed E-state index contributed by atoms with van der Waals surface area (Å²) in [6, 6.07) is 19.7. The summed E-state index contributed by atoms with van der Waals surface area (Å²) in [6.07, 6.45) is 4.04. The smallest absolute Gasteiger partial charge is 0.0693 e. The van der Waals surface area contributed by atoms with Crippen molar-refractivity contribution in [1.82, 2.24) is 5.32 Å². The maximum Gasteiger partial charge on any atom is 0.0693 e. The van der Waals surface area contributed by atoms with Crippen LogP contribution in [-0.2, 0) is 6.42 Å². The van der Waals surface area contributed by atoms with Gasteiger partial charge in [0.1, 0.15) is 0 Å². The van der Waals surface area contributed by atoms with Crippen LogP contribution in [0.1, 0.15) is 24.8 Å². The molecule has 0 radical (unpaired) electrons. The van der Waals surface area contributed by atoms with Gasteiger partial charge in [0.2, 0.25) is 0 Å². The number of nitrogens with one attached hydrogen (secondary N) is 1. The van der Waals surface area contributed by atoms with Crippen molar-refractivity contribution in [2.75, 3.05) is 7.05 Å². The van der Waals surface area contributed by atoms with Gasteiger partial charge in [-0.15, -0.1) is 12.4 Å². The van der Waals surface area contributed by atoms with E-state index in [9.17, 15) is 5.11 Å². The number of rotatable bonds is 4. The van der Waals surface area contributed by atoms with E-state index in [0.717, 1.165) is 25.7 Å². The molecule has 3 rings (SSSR count). The Morgan fingerprint density at radius 3 is 2.26 bits per heavy atom. The zero-order valence-corrected chi connectivity index (χ0v) is 14.4. The summed E-state index contributed by atoms with van der Waals surface area (Å²) < 4.78 is 0. The van der Waals surface area contributed by atoms with E-state index in [2.05, 4.69) is 53.8 Å². The Balaban J connectivity index is 0.00000192. The highest BCUT2D eigenvalue weighted by molar-refractivity contribution is 5.85. The first-order valence-electron chi connectivity index (χ1n) is 8.26. The second-order valence-electron chi connectivity index (χ2n) is 6.41. The molecule has 1 saturated carbocycles. The number of aliphatic hydroxyl groups is 1. The van der Waals surface area contributed by atoms with E-state index in [1.807, 2.05) is 13.1 Å². The Labute approximate surface area is 145 Å². The highest BCUT2D eigenvalue weighted by atomic mass is 35.5. The molecule has 1 aliphatic rings. The Hall–Kier alpha value is -1.35. The average Bonchev–Trinajstić information content (AvgIpc) is 2.58. The summed E-state index contributed by atoms with van der Waals surface area (Å²) in [6.45, 7) is 0. The highest BCUT2D eigenvalue weighted by Gasteiger charge is 2.27. The molecule has 23 heavy (non-hydrogen) atoms. The van der Waals surface area contributed by atoms with Crippen LogP contribution in [-0.4, -0.2) is 24.3 Å². The van der Waals surface area contributed by atoms with E-state index >= 15 is 0 Å². The molecular weight excluding hydrogens is 306 g/mol. The molecule has 124 valence electrons. The van der Waals surface area contributed by atoms with Gasteiger partial charge in [-0.3, -0.25) is 0 Å². The lowest BCUT2D eigenvalue weighted by atomic mass is 9.80. The second-order valence-corrected chi connectivity index (χ2v) is 6.41. The van der Waals surface area contributed by atoms with Crippen LogP contribution in [0.4, 0.5) is 0 Å². The van der Waals surface area contributed by atoms with Crippen LogP contribution in [0.2, 0.25) is 0 Å². The van der Waals surface area contributed by atoms with E-state index in [-0.39, 0.29) is 24.6 Å². The van der Waals surface area contributed by atoms with Crippen LogP contribution in [0.25, 0.3) is 11.1 Å². The molecular formula is C20H26ClNO. The quantitative estimate of drug-likeness (QED) is 0.885. The van der Waals surface area contributed by atoms with E-state index in [0.29, 0.717) is 5.92 Å². The summed E-state index contributed by atoms with van der Waals surface area (Å²) in [5.41, 5.74) is 3.94. The first kappa shape index (κ1) is 18.0. The minimum absolute atomic E-state index is 0. The van der Waals surface area contributed by atoms with Crippen molar-refractivity contribution in [3.63, 3.8) is 0 Å². The zero-order chi connectivity index (χ0) is 15.4. The first-order chi connectivity index (χ1) is 10.8. The van der Waals surface area contributed by atoms with Crippen molar-refractivity contribution in [2.45, 2.75) is 37.8 Å². The van der Waals surface area contributed by atoms with E-state index < -0.39 is 0 Å². The number of likely N-dealkylation sites (N-methyl/N-ethyl adjacent to an activating group) is 1. The maximum absolute atomic E-state index is 9.95. The van der Waals surface area contributed by atoms with Gasteiger partial charge in [-0.25, -0.2) is 0 Å². The predicted molar refractivity (Wildman–Crippen MR) is 99.0 cm³/mol. The topological polar surface area (TPSA) is 32.3 Å². The predicted octanol–water partition coefficient (Wildman–Crippen LogP) is 4.07. The van der Waals surface area contributed by atoms with E-state index in [4.69, 9.17) is 0 Å². The van der Waals surface area contributed by atoms with Crippen molar-refractivity contribution in [3.05, 3.63) is 60.2 Å². The third kappa shape index (κ3) is 4.57. The van der Waals surface area contributed by atoms with Gasteiger partial charge < -0.3 is 10.4 Å². The molecule has 2 N–H and O–H groups in total. The van der Waals surface area contributed by atoms with Gasteiger partial charge in [-0.2, -0.15) is 0 Å². The molecule has 0 amide bonds. The number of hydrogen-bond acceptors (Lipinski definition) is 2. The fraction of sp³-hybridized carbons (Fsp3) is 0.400. The van der Waals surface area contributed by atoms with Crippen molar-refractivity contribution in [2.24, 2.45) is 5.92 Å². The summed E-state index contributed by atoms with van der Waals surface area (Å²) in [5, 5.41) is 13.2. The van der Waals surface area contributed by atoms with Gasteiger partial charge in [0.15, 0.2) is 0 Å².